The Kier molecular flexibility index (Phi) is 3.88. The summed E-state index contributed by atoms with van der Waals surface area (Å²) < 4.78 is 5.83. The van der Waals surface area contributed by atoms with Crippen molar-refractivity contribution >= 4 is 11.8 Å². The van der Waals surface area contributed by atoms with Crippen molar-refractivity contribution in [2.45, 2.75) is 31.3 Å². The Labute approximate surface area is 123 Å². The van der Waals surface area contributed by atoms with E-state index in [-0.39, 0.29) is 5.57 Å². The molecule has 2 rings (SSSR count). The van der Waals surface area contributed by atoms with Gasteiger partial charge >= 0.3 is 0 Å². The Morgan fingerprint density at radius 2 is 1.75 bits per heavy atom. The zero-order chi connectivity index (χ0) is 14.8. The van der Waals surface area contributed by atoms with Gasteiger partial charge in [0.1, 0.15) is 17.7 Å². The Morgan fingerprint density at radius 1 is 1.15 bits per heavy atom. The quantitative estimate of drug-likeness (QED) is 0.764. The normalized spacial score (nSPS) is 16.4. The summed E-state index contributed by atoms with van der Waals surface area (Å²) in [6.07, 6.45) is 0. The van der Waals surface area contributed by atoms with Gasteiger partial charge in [-0.2, -0.15) is 10.5 Å². The van der Waals surface area contributed by atoms with Gasteiger partial charge in [0.25, 0.3) is 0 Å². The number of nitriles is 2. The molecule has 0 unspecified atom stereocenters. The fourth-order valence-corrected chi connectivity index (χ4v) is 3.01. The van der Waals surface area contributed by atoms with Crippen LogP contribution in [0.5, 0.6) is 0 Å². The number of rotatable bonds is 2. The summed E-state index contributed by atoms with van der Waals surface area (Å²) in [7, 11) is 0. The Balaban J connectivity index is 2.51. The molecule has 0 fully saturated rings. The van der Waals surface area contributed by atoms with Crippen LogP contribution in [0, 0.1) is 22.7 Å². The SMILES string of the molecule is CC1=C(Sc2ccccc2)C(=C(C#N)C#N)OC1(C)C. The van der Waals surface area contributed by atoms with Gasteiger partial charge in [-0.15, -0.1) is 0 Å². The molecule has 1 heterocycles. The van der Waals surface area contributed by atoms with E-state index in [1.54, 1.807) is 0 Å². The maximum absolute atomic E-state index is 9.08. The van der Waals surface area contributed by atoms with Gasteiger partial charge < -0.3 is 4.74 Å². The lowest BCUT2D eigenvalue weighted by Crippen LogP contribution is -2.20. The van der Waals surface area contributed by atoms with Crippen LogP contribution in [0.15, 0.2) is 57.0 Å². The van der Waals surface area contributed by atoms with E-state index in [9.17, 15) is 0 Å². The number of nitrogens with zero attached hydrogens (tertiary/aromatic N) is 2. The number of hydrogen-bond donors (Lipinski definition) is 0. The maximum Gasteiger partial charge on any atom is 0.172 e. The molecule has 1 aliphatic heterocycles. The van der Waals surface area contributed by atoms with Gasteiger partial charge in [0, 0.05) is 4.90 Å². The molecule has 3 nitrogen and oxygen atoms in total. The predicted octanol–water partition coefficient (Wildman–Crippen LogP) is 4.16. The predicted molar refractivity (Wildman–Crippen MR) is 78.4 cm³/mol. The molecule has 1 aromatic carbocycles. The van der Waals surface area contributed by atoms with Gasteiger partial charge in [-0.25, -0.2) is 0 Å². The first kappa shape index (κ1) is 14.2. The average Bonchev–Trinajstić information content (AvgIpc) is 2.65. The van der Waals surface area contributed by atoms with E-state index in [4.69, 9.17) is 15.3 Å². The summed E-state index contributed by atoms with van der Waals surface area (Å²) in [5.74, 6) is 0.395. The second-order valence-electron chi connectivity index (χ2n) is 4.91. The first-order valence-electron chi connectivity index (χ1n) is 6.17. The number of hydrogen-bond acceptors (Lipinski definition) is 4. The van der Waals surface area contributed by atoms with Crippen LogP contribution in [0.3, 0.4) is 0 Å². The number of allylic oxidation sites excluding steroid dienone is 1. The maximum atomic E-state index is 9.08. The molecular weight excluding hydrogens is 268 g/mol. The number of ether oxygens (including phenoxy) is 1. The zero-order valence-corrected chi connectivity index (χ0v) is 12.4. The van der Waals surface area contributed by atoms with Crippen LogP contribution in [0.1, 0.15) is 20.8 Å². The Morgan fingerprint density at radius 3 is 2.30 bits per heavy atom. The Hall–Kier alpha value is -2.17. The van der Waals surface area contributed by atoms with E-state index < -0.39 is 5.60 Å². The van der Waals surface area contributed by atoms with Crippen molar-refractivity contribution in [3.8, 4) is 12.1 Å². The van der Waals surface area contributed by atoms with Crippen molar-refractivity contribution < 1.29 is 4.74 Å². The third-order valence-electron chi connectivity index (χ3n) is 3.22. The van der Waals surface area contributed by atoms with Gasteiger partial charge in [-0.05, 0) is 38.5 Å². The molecule has 1 aromatic rings. The van der Waals surface area contributed by atoms with Gasteiger partial charge in [0.05, 0.1) is 4.91 Å². The van der Waals surface area contributed by atoms with Crippen molar-refractivity contribution in [1.29, 1.82) is 10.5 Å². The molecule has 0 radical (unpaired) electrons. The van der Waals surface area contributed by atoms with Crippen LogP contribution in [0.2, 0.25) is 0 Å². The monoisotopic (exact) mass is 282 g/mol. The first-order valence-corrected chi connectivity index (χ1v) is 6.99. The van der Waals surface area contributed by atoms with Gasteiger partial charge in [-0.1, -0.05) is 30.0 Å². The summed E-state index contributed by atoms with van der Waals surface area (Å²) in [6, 6.07) is 13.7. The second kappa shape index (κ2) is 5.45. The molecule has 0 atom stereocenters. The van der Waals surface area contributed by atoms with E-state index in [0.29, 0.717) is 5.76 Å². The molecule has 0 aromatic heterocycles. The van der Waals surface area contributed by atoms with Gasteiger partial charge in [0.2, 0.25) is 0 Å². The molecule has 0 N–H and O–H groups in total. The smallest absolute Gasteiger partial charge is 0.172 e. The topological polar surface area (TPSA) is 56.8 Å². The Bertz CT molecular complexity index is 657. The van der Waals surface area contributed by atoms with Crippen molar-refractivity contribution in [1.82, 2.24) is 0 Å². The highest BCUT2D eigenvalue weighted by molar-refractivity contribution is 8.03. The fraction of sp³-hybridized carbons (Fsp3) is 0.250. The molecule has 20 heavy (non-hydrogen) atoms. The number of benzene rings is 1. The molecule has 0 aliphatic carbocycles. The second-order valence-corrected chi connectivity index (χ2v) is 5.99. The van der Waals surface area contributed by atoms with E-state index in [1.165, 1.54) is 11.8 Å². The third-order valence-corrected chi connectivity index (χ3v) is 4.42. The van der Waals surface area contributed by atoms with E-state index >= 15 is 0 Å². The van der Waals surface area contributed by atoms with Crippen molar-refractivity contribution in [3.05, 3.63) is 52.1 Å². The lowest BCUT2D eigenvalue weighted by molar-refractivity contribution is 0.0930. The minimum absolute atomic E-state index is 0.0216. The molecule has 1 aliphatic rings. The van der Waals surface area contributed by atoms with Gasteiger partial charge in [-0.3, -0.25) is 0 Å². The highest BCUT2D eigenvalue weighted by Gasteiger charge is 2.37. The van der Waals surface area contributed by atoms with E-state index in [2.05, 4.69) is 0 Å². The lowest BCUT2D eigenvalue weighted by atomic mass is 10.0. The minimum Gasteiger partial charge on any atom is -0.480 e. The largest absolute Gasteiger partial charge is 0.480 e. The van der Waals surface area contributed by atoms with Crippen molar-refractivity contribution in [3.63, 3.8) is 0 Å². The van der Waals surface area contributed by atoms with Crippen molar-refractivity contribution in [2.24, 2.45) is 0 Å². The average molecular weight is 282 g/mol. The molecule has 0 bridgehead atoms. The van der Waals surface area contributed by atoms with Crippen LogP contribution in [0.25, 0.3) is 0 Å². The van der Waals surface area contributed by atoms with Crippen molar-refractivity contribution in [2.75, 3.05) is 0 Å². The van der Waals surface area contributed by atoms with Gasteiger partial charge in [0.15, 0.2) is 11.3 Å². The van der Waals surface area contributed by atoms with Crippen LogP contribution in [-0.4, -0.2) is 5.60 Å². The van der Waals surface area contributed by atoms with Crippen LogP contribution >= 0.6 is 11.8 Å². The zero-order valence-electron chi connectivity index (χ0n) is 11.6. The minimum atomic E-state index is -0.495. The highest BCUT2D eigenvalue weighted by atomic mass is 32.2. The molecular formula is C16H14N2OS. The molecule has 0 saturated heterocycles. The van der Waals surface area contributed by atoms with Crippen LogP contribution in [0.4, 0.5) is 0 Å². The third kappa shape index (κ3) is 2.57. The van der Waals surface area contributed by atoms with Crippen LogP contribution in [-0.2, 0) is 4.74 Å². The summed E-state index contributed by atoms with van der Waals surface area (Å²) in [5, 5.41) is 18.2. The van der Waals surface area contributed by atoms with E-state index in [0.717, 1.165) is 15.4 Å². The molecule has 100 valence electrons. The lowest BCUT2D eigenvalue weighted by Gasteiger charge is -2.19. The molecule has 0 spiro atoms. The summed E-state index contributed by atoms with van der Waals surface area (Å²) in [6.45, 7) is 5.85. The van der Waals surface area contributed by atoms with Crippen LogP contribution < -0.4 is 0 Å². The molecule has 4 heteroatoms. The number of thioether (sulfide) groups is 1. The fourth-order valence-electron chi connectivity index (χ4n) is 1.84. The summed E-state index contributed by atoms with van der Waals surface area (Å²) in [4.78, 5) is 1.91. The van der Waals surface area contributed by atoms with E-state index in [1.807, 2.05) is 63.2 Å². The standard InChI is InChI=1S/C16H14N2OS/c1-11-15(20-13-7-5-4-6-8-13)14(12(9-17)10-18)19-16(11,2)3/h4-8H,1-3H3. The summed E-state index contributed by atoms with van der Waals surface area (Å²) in [5.41, 5.74) is 0.559. The molecule has 0 amide bonds. The highest BCUT2D eigenvalue weighted by Crippen LogP contribution is 2.46. The summed E-state index contributed by atoms with van der Waals surface area (Å²) >= 11 is 1.52. The first-order chi connectivity index (χ1) is 9.49. The molecule has 0 saturated carbocycles.